The summed E-state index contributed by atoms with van der Waals surface area (Å²) in [5, 5.41) is 6.02. The highest BCUT2D eigenvalue weighted by Crippen LogP contribution is 2.30. The first-order valence-corrected chi connectivity index (χ1v) is 6.54. The molecule has 0 spiro atoms. The van der Waals surface area contributed by atoms with Crippen LogP contribution in [0.2, 0.25) is 0 Å². The van der Waals surface area contributed by atoms with Crippen LogP contribution in [0.1, 0.15) is 26.7 Å². The molecule has 2 N–H and O–H groups in total. The molecule has 0 aliphatic carbocycles. The second-order valence-corrected chi connectivity index (χ2v) is 4.72. The van der Waals surface area contributed by atoms with Crippen molar-refractivity contribution in [2.75, 3.05) is 26.2 Å². The van der Waals surface area contributed by atoms with E-state index in [-0.39, 0.29) is 11.8 Å². The summed E-state index contributed by atoms with van der Waals surface area (Å²) in [5.74, 6) is -0.0881. The number of piperazine rings is 1. The third-order valence-corrected chi connectivity index (χ3v) is 3.90. The van der Waals surface area contributed by atoms with Crippen LogP contribution in [0.25, 0.3) is 0 Å². The predicted octanol–water partition coefficient (Wildman–Crippen LogP) is -0.290. The van der Waals surface area contributed by atoms with Crippen LogP contribution in [0.15, 0.2) is 4.99 Å². The molecule has 2 amide bonds. The van der Waals surface area contributed by atoms with Gasteiger partial charge in [0.15, 0.2) is 0 Å². The number of hydrogen-bond donors (Lipinski definition) is 2. The normalized spacial score (nSPS) is 23.7. The lowest BCUT2D eigenvalue weighted by Crippen LogP contribution is -2.59. The lowest BCUT2D eigenvalue weighted by Gasteiger charge is -2.36. The molecule has 0 saturated carbocycles. The van der Waals surface area contributed by atoms with Gasteiger partial charge in [0.2, 0.25) is 11.9 Å². The van der Waals surface area contributed by atoms with E-state index in [1.54, 1.807) is 0 Å². The molecule has 1 saturated heterocycles. The van der Waals surface area contributed by atoms with Crippen LogP contribution in [0, 0.1) is 5.41 Å². The molecule has 2 aliphatic rings. The Kier molecular flexibility index (Phi) is 3.65. The first-order valence-electron chi connectivity index (χ1n) is 6.54. The van der Waals surface area contributed by atoms with Crippen LogP contribution in [-0.4, -0.2) is 48.9 Å². The molecule has 0 unspecified atom stereocenters. The number of hydrogen-bond acceptors (Lipinski definition) is 4. The maximum Gasteiger partial charge on any atom is 0.264 e. The number of aliphatic imine (C=N–C) groups is 1. The van der Waals surface area contributed by atoms with Crippen molar-refractivity contribution in [3.05, 3.63) is 0 Å². The molecule has 18 heavy (non-hydrogen) atoms. The highest BCUT2D eigenvalue weighted by molar-refractivity contribution is 6.18. The van der Waals surface area contributed by atoms with E-state index in [0.717, 1.165) is 26.2 Å². The average Bonchev–Trinajstić information content (AvgIpc) is 2.40. The number of carbonyl (C=O) groups excluding carboxylic acids is 2. The van der Waals surface area contributed by atoms with Gasteiger partial charge >= 0.3 is 0 Å². The van der Waals surface area contributed by atoms with Gasteiger partial charge in [0.25, 0.3) is 5.91 Å². The van der Waals surface area contributed by atoms with E-state index in [2.05, 4.69) is 15.6 Å². The molecule has 6 nitrogen and oxygen atoms in total. The lowest BCUT2D eigenvalue weighted by molar-refractivity contribution is -0.142. The third kappa shape index (κ3) is 2.01. The van der Waals surface area contributed by atoms with Crippen molar-refractivity contribution in [2.24, 2.45) is 10.4 Å². The van der Waals surface area contributed by atoms with E-state index < -0.39 is 5.41 Å². The van der Waals surface area contributed by atoms with Gasteiger partial charge in [-0.2, -0.15) is 4.99 Å². The molecule has 2 rings (SSSR count). The van der Waals surface area contributed by atoms with Crippen LogP contribution in [0.5, 0.6) is 0 Å². The number of guanidine groups is 1. The zero-order chi connectivity index (χ0) is 13.2. The Morgan fingerprint density at radius 3 is 2.33 bits per heavy atom. The first kappa shape index (κ1) is 13.0. The molecule has 0 aromatic carbocycles. The van der Waals surface area contributed by atoms with Crippen LogP contribution in [0.4, 0.5) is 0 Å². The van der Waals surface area contributed by atoms with Gasteiger partial charge < -0.3 is 10.2 Å². The molecular weight excluding hydrogens is 232 g/mol. The van der Waals surface area contributed by atoms with Gasteiger partial charge in [-0.05, 0) is 12.8 Å². The molecular formula is C12H20N4O2. The molecule has 0 atom stereocenters. The molecule has 100 valence electrons. The van der Waals surface area contributed by atoms with Crippen molar-refractivity contribution >= 4 is 17.8 Å². The number of nitrogens with zero attached hydrogens (tertiary/aromatic N) is 2. The Balaban J connectivity index is 2.22. The van der Waals surface area contributed by atoms with Crippen LogP contribution in [-0.2, 0) is 9.59 Å². The van der Waals surface area contributed by atoms with E-state index in [4.69, 9.17) is 0 Å². The molecule has 0 aromatic heterocycles. The van der Waals surface area contributed by atoms with Gasteiger partial charge in [0, 0.05) is 26.2 Å². The van der Waals surface area contributed by atoms with E-state index in [0.29, 0.717) is 18.8 Å². The minimum atomic E-state index is -0.961. The molecule has 0 bridgehead atoms. The summed E-state index contributed by atoms with van der Waals surface area (Å²) >= 11 is 0. The second kappa shape index (κ2) is 5.06. The Hall–Kier alpha value is -1.43. The zero-order valence-corrected chi connectivity index (χ0v) is 11.0. The SMILES string of the molecule is CCC1(CC)C(=O)N=C(N2CCNCC2)NC1=O. The summed E-state index contributed by atoms with van der Waals surface area (Å²) in [5.41, 5.74) is -0.961. The topological polar surface area (TPSA) is 73.8 Å². The quantitative estimate of drug-likeness (QED) is 0.662. The van der Waals surface area contributed by atoms with E-state index in [1.807, 2.05) is 18.7 Å². The van der Waals surface area contributed by atoms with Crippen LogP contribution in [0.3, 0.4) is 0 Å². The third-order valence-electron chi connectivity index (χ3n) is 3.90. The van der Waals surface area contributed by atoms with Crippen molar-refractivity contribution in [1.82, 2.24) is 15.5 Å². The Morgan fingerprint density at radius 2 is 1.83 bits per heavy atom. The summed E-state index contributed by atoms with van der Waals surface area (Å²) in [6.07, 6.45) is 0.985. The van der Waals surface area contributed by atoms with Gasteiger partial charge in [-0.3, -0.25) is 14.9 Å². The smallest absolute Gasteiger partial charge is 0.264 e. The Morgan fingerprint density at radius 1 is 1.22 bits per heavy atom. The Labute approximate surface area is 107 Å². The number of nitrogens with one attached hydrogen (secondary N) is 2. The molecule has 0 radical (unpaired) electrons. The monoisotopic (exact) mass is 252 g/mol. The van der Waals surface area contributed by atoms with Crippen molar-refractivity contribution in [3.63, 3.8) is 0 Å². The van der Waals surface area contributed by atoms with Gasteiger partial charge in [0.05, 0.1) is 0 Å². The summed E-state index contributed by atoms with van der Waals surface area (Å²) < 4.78 is 0. The summed E-state index contributed by atoms with van der Waals surface area (Å²) in [4.78, 5) is 30.4. The fourth-order valence-corrected chi connectivity index (χ4v) is 2.45. The minimum Gasteiger partial charge on any atom is -0.340 e. The molecule has 0 aromatic rings. The second-order valence-electron chi connectivity index (χ2n) is 4.72. The van der Waals surface area contributed by atoms with Gasteiger partial charge in [-0.15, -0.1) is 0 Å². The number of rotatable bonds is 2. The van der Waals surface area contributed by atoms with Crippen molar-refractivity contribution in [3.8, 4) is 0 Å². The average molecular weight is 252 g/mol. The first-order chi connectivity index (χ1) is 8.64. The van der Waals surface area contributed by atoms with E-state index in [1.165, 1.54) is 0 Å². The van der Waals surface area contributed by atoms with E-state index in [9.17, 15) is 9.59 Å². The van der Waals surface area contributed by atoms with Crippen molar-refractivity contribution in [1.29, 1.82) is 0 Å². The standard InChI is InChI=1S/C12H20N4O2/c1-3-12(4-2)9(17)14-11(15-10(12)18)16-7-5-13-6-8-16/h13H,3-8H2,1-2H3,(H,14,15,17,18). The van der Waals surface area contributed by atoms with Crippen LogP contribution < -0.4 is 10.6 Å². The molecule has 6 heteroatoms. The highest BCUT2D eigenvalue weighted by Gasteiger charge is 2.46. The maximum atomic E-state index is 12.2. The lowest BCUT2D eigenvalue weighted by atomic mass is 9.80. The van der Waals surface area contributed by atoms with Gasteiger partial charge in [-0.25, -0.2) is 0 Å². The maximum absolute atomic E-state index is 12.2. The van der Waals surface area contributed by atoms with Gasteiger partial charge in [-0.1, -0.05) is 13.8 Å². The summed E-state index contributed by atoms with van der Waals surface area (Å²) in [6, 6.07) is 0. The van der Waals surface area contributed by atoms with Gasteiger partial charge in [0.1, 0.15) is 5.41 Å². The predicted molar refractivity (Wildman–Crippen MR) is 68.0 cm³/mol. The number of amides is 2. The van der Waals surface area contributed by atoms with Crippen LogP contribution >= 0.6 is 0 Å². The molecule has 2 heterocycles. The number of carbonyl (C=O) groups is 2. The van der Waals surface area contributed by atoms with Crippen molar-refractivity contribution < 1.29 is 9.59 Å². The molecule has 2 aliphatic heterocycles. The van der Waals surface area contributed by atoms with Crippen molar-refractivity contribution in [2.45, 2.75) is 26.7 Å². The summed E-state index contributed by atoms with van der Waals surface area (Å²) in [7, 11) is 0. The zero-order valence-electron chi connectivity index (χ0n) is 11.0. The summed E-state index contributed by atoms with van der Waals surface area (Å²) in [6.45, 7) is 6.92. The fraction of sp³-hybridized carbons (Fsp3) is 0.750. The highest BCUT2D eigenvalue weighted by atomic mass is 16.2. The minimum absolute atomic E-state index is 0.207. The van der Waals surface area contributed by atoms with E-state index >= 15 is 0 Å². The molecule has 1 fully saturated rings. The largest absolute Gasteiger partial charge is 0.340 e. The Bertz CT molecular complexity index is 382. The fourth-order valence-electron chi connectivity index (χ4n) is 2.45.